The first-order valence-corrected chi connectivity index (χ1v) is 12.5. The maximum absolute atomic E-state index is 13.1. The van der Waals surface area contributed by atoms with Gasteiger partial charge in [-0.05, 0) is 49.2 Å². The van der Waals surface area contributed by atoms with Crippen LogP contribution in [-0.2, 0) is 4.79 Å². The number of piperidine rings is 1. The van der Waals surface area contributed by atoms with Crippen LogP contribution in [0.2, 0.25) is 0 Å². The van der Waals surface area contributed by atoms with E-state index in [0.717, 1.165) is 40.1 Å². The fourth-order valence-corrected chi connectivity index (χ4v) is 6.46. The van der Waals surface area contributed by atoms with E-state index in [-0.39, 0.29) is 16.7 Å². The number of hydrogen-bond acceptors (Lipinski definition) is 4. The van der Waals surface area contributed by atoms with Crippen molar-refractivity contribution in [2.45, 2.75) is 22.6 Å². The summed E-state index contributed by atoms with van der Waals surface area (Å²) in [5.41, 5.74) is 0.729. The smallest absolute Gasteiger partial charge is 0.254 e. The van der Waals surface area contributed by atoms with E-state index in [9.17, 15) is 9.59 Å². The Bertz CT molecular complexity index is 868. The van der Waals surface area contributed by atoms with E-state index in [1.807, 2.05) is 76.2 Å². The van der Waals surface area contributed by atoms with Gasteiger partial charge in [-0.25, -0.2) is 0 Å². The number of benzene rings is 2. The van der Waals surface area contributed by atoms with Gasteiger partial charge < -0.3 is 9.80 Å². The van der Waals surface area contributed by atoms with Crippen molar-refractivity contribution in [2.75, 3.05) is 31.1 Å². The van der Waals surface area contributed by atoms with Gasteiger partial charge >= 0.3 is 0 Å². The number of carbonyl (C=O) groups excluding carboxylic acids is 2. The minimum Gasteiger partial charge on any atom is -0.342 e. The normalized spacial score (nSPS) is 18.2. The molecule has 2 fully saturated rings. The van der Waals surface area contributed by atoms with Crippen LogP contribution in [0.3, 0.4) is 0 Å². The first-order valence-electron chi connectivity index (χ1n) is 9.75. The predicted octanol–water partition coefficient (Wildman–Crippen LogP) is 4.75. The minimum absolute atomic E-state index is 0.0990. The van der Waals surface area contributed by atoms with Crippen LogP contribution in [0.4, 0.5) is 0 Å². The maximum Gasteiger partial charge on any atom is 0.254 e. The molecule has 0 atom stereocenters. The number of nitrogens with zero attached hydrogens (tertiary/aromatic N) is 2. The van der Waals surface area contributed by atoms with E-state index < -0.39 is 0 Å². The molecule has 2 amide bonds. The van der Waals surface area contributed by atoms with Crippen molar-refractivity contribution in [2.24, 2.45) is 0 Å². The zero-order valence-electron chi connectivity index (χ0n) is 16.1. The maximum atomic E-state index is 13.1. The zero-order valence-corrected chi connectivity index (χ0v) is 19.3. The molecule has 4 nitrogen and oxygen atoms in total. The average Bonchev–Trinajstić information content (AvgIpc) is 3.16. The second-order valence-corrected chi connectivity index (χ2v) is 10.7. The van der Waals surface area contributed by atoms with Gasteiger partial charge in [0.05, 0.1) is 10.6 Å². The molecule has 2 aromatic carbocycles. The summed E-state index contributed by atoms with van der Waals surface area (Å²) < 4.78 is 0.972. The van der Waals surface area contributed by atoms with Gasteiger partial charge in [0.15, 0.2) is 0 Å². The molecule has 2 aromatic rings. The molecule has 0 aliphatic carbocycles. The van der Waals surface area contributed by atoms with E-state index in [1.165, 1.54) is 0 Å². The Hall–Kier alpha value is -1.44. The lowest BCUT2D eigenvalue weighted by atomic mass is 10.0. The Morgan fingerprint density at radius 3 is 2.38 bits per heavy atom. The number of rotatable bonds is 4. The van der Waals surface area contributed by atoms with Crippen molar-refractivity contribution in [1.29, 1.82) is 0 Å². The van der Waals surface area contributed by atoms with Crippen LogP contribution in [0.5, 0.6) is 0 Å². The van der Waals surface area contributed by atoms with E-state index in [4.69, 9.17) is 0 Å². The summed E-state index contributed by atoms with van der Waals surface area (Å²) in [6.45, 7) is 2.20. The van der Waals surface area contributed by atoms with Gasteiger partial charge in [0.25, 0.3) is 5.91 Å². The van der Waals surface area contributed by atoms with Crippen LogP contribution < -0.4 is 0 Å². The predicted molar refractivity (Wildman–Crippen MR) is 123 cm³/mol. The number of halogens is 1. The van der Waals surface area contributed by atoms with E-state index >= 15 is 0 Å². The third-order valence-corrected chi connectivity index (χ3v) is 8.59. The second kappa shape index (κ2) is 9.14. The first-order chi connectivity index (χ1) is 14.1. The molecule has 29 heavy (non-hydrogen) atoms. The number of amides is 2. The highest BCUT2D eigenvalue weighted by Gasteiger charge is 2.46. The fraction of sp³-hybridized carbons (Fsp3) is 0.364. The van der Waals surface area contributed by atoms with E-state index in [2.05, 4.69) is 15.9 Å². The van der Waals surface area contributed by atoms with Crippen molar-refractivity contribution in [3.63, 3.8) is 0 Å². The molecule has 2 aliphatic rings. The summed E-state index contributed by atoms with van der Waals surface area (Å²) in [5.74, 6) is 1.70. The molecule has 7 heteroatoms. The van der Waals surface area contributed by atoms with Crippen molar-refractivity contribution < 1.29 is 9.59 Å². The SMILES string of the molecule is O=C(CSc1ccccc1)N1CCC2(CC1)SCCN2C(=O)c1ccc(Br)cc1. The van der Waals surface area contributed by atoms with Crippen LogP contribution in [0.1, 0.15) is 23.2 Å². The molecular weight excluding hydrogens is 468 g/mol. The number of carbonyl (C=O) groups is 2. The fourth-order valence-electron chi connectivity index (χ4n) is 3.92. The van der Waals surface area contributed by atoms with Crippen molar-refractivity contribution >= 4 is 51.3 Å². The van der Waals surface area contributed by atoms with Gasteiger partial charge in [0, 0.05) is 40.3 Å². The number of thioether (sulfide) groups is 2. The average molecular weight is 491 g/mol. The lowest BCUT2D eigenvalue weighted by Crippen LogP contribution is -2.53. The molecule has 0 radical (unpaired) electrons. The Balaban J connectivity index is 1.36. The van der Waals surface area contributed by atoms with Gasteiger partial charge in [-0.15, -0.1) is 23.5 Å². The number of hydrogen-bond donors (Lipinski definition) is 0. The molecule has 152 valence electrons. The van der Waals surface area contributed by atoms with Crippen LogP contribution in [0.25, 0.3) is 0 Å². The molecule has 0 saturated carbocycles. The Morgan fingerprint density at radius 2 is 1.69 bits per heavy atom. The van der Waals surface area contributed by atoms with E-state index in [0.29, 0.717) is 18.8 Å². The van der Waals surface area contributed by atoms with Gasteiger partial charge in [-0.1, -0.05) is 34.1 Å². The summed E-state index contributed by atoms with van der Waals surface area (Å²) in [7, 11) is 0. The second-order valence-electron chi connectivity index (χ2n) is 7.24. The summed E-state index contributed by atoms with van der Waals surface area (Å²) in [4.78, 5) is 30.7. The highest BCUT2D eigenvalue weighted by atomic mass is 79.9. The van der Waals surface area contributed by atoms with Crippen LogP contribution >= 0.6 is 39.5 Å². The molecule has 0 N–H and O–H groups in total. The lowest BCUT2D eigenvalue weighted by molar-refractivity contribution is -0.129. The van der Waals surface area contributed by atoms with Gasteiger partial charge in [0.2, 0.25) is 5.91 Å². The lowest BCUT2D eigenvalue weighted by Gasteiger charge is -2.44. The molecule has 2 aliphatic heterocycles. The molecular formula is C22H23BrN2O2S2. The van der Waals surface area contributed by atoms with Crippen LogP contribution in [0, 0.1) is 0 Å². The first kappa shape index (κ1) is 20.8. The highest BCUT2D eigenvalue weighted by Crippen LogP contribution is 2.44. The molecule has 4 rings (SSSR count). The van der Waals surface area contributed by atoms with Gasteiger partial charge in [-0.2, -0.15) is 0 Å². The molecule has 0 unspecified atom stereocenters. The topological polar surface area (TPSA) is 40.6 Å². The summed E-state index contributed by atoms with van der Waals surface area (Å²) in [6, 6.07) is 17.6. The van der Waals surface area contributed by atoms with Crippen LogP contribution in [-0.4, -0.2) is 57.6 Å². The third kappa shape index (κ3) is 4.67. The van der Waals surface area contributed by atoms with Crippen molar-refractivity contribution in [1.82, 2.24) is 9.80 Å². The molecule has 1 spiro atoms. The van der Waals surface area contributed by atoms with Crippen molar-refractivity contribution in [3.8, 4) is 0 Å². The quantitative estimate of drug-likeness (QED) is 0.579. The van der Waals surface area contributed by atoms with Crippen LogP contribution in [0.15, 0.2) is 64.0 Å². The molecule has 0 aromatic heterocycles. The summed E-state index contributed by atoms with van der Waals surface area (Å²) >= 11 is 6.89. The summed E-state index contributed by atoms with van der Waals surface area (Å²) in [5, 5.41) is 0. The summed E-state index contributed by atoms with van der Waals surface area (Å²) in [6.07, 6.45) is 1.67. The van der Waals surface area contributed by atoms with Crippen molar-refractivity contribution in [3.05, 3.63) is 64.6 Å². The minimum atomic E-state index is -0.173. The Morgan fingerprint density at radius 1 is 1.00 bits per heavy atom. The van der Waals surface area contributed by atoms with Gasteiger partial charge in [-0.3, -0.25) is 9.59 Å². The zero-order chi connectivity index (χ0) is 20.3. The number of likely N-dealkylation sites (tertiary alicyclic amines) is 1. The third-order valence-electron chi connectivity index (χ3n) is 5.52. The highest BCUT2D eigenvalue weighted by molar-refractivity contribution is 9.10. The molecule has 0 bridgehead atoms. The molecule has 2 saturated heterocycles. The Kier molecular flexibility index (Phi) is 6.56. The Labute approximate surface area is 188 Å². The van der Waals surface area contributed by atoms with E-state index in [1.54, 1.807) is 11.8 Å². The van der Waals surface area contributed by atoms with Gasteiger partial charge in [0.1, 0.15) is 0 Å². The molecule has 2 heterocycles. The monoisotopic (exact) mass is 490 g/mol. The standard InChI is InChI=1S/C22H23BrN2O2S2/c23-18-8-6-17(7-9-18)21(27)25-14-15-29-22(25)10-12-24(13-11-22)20(26)16-28-19-4-2-1-3-5-19/h1-9H,10-16H2. The largest absolute Gasteiger partial charge is 0.342 e.